The minimum absolute atomic E-state index is 0.0414. The summed E-state index contributed by atoms with van der Waals surface area (Å²) >= 11 is 0. The lowest BCUT2D eigenvalue weighted by Gasteiger charge is -2.37. The zero-order valence-electron chi connectivity index (χ0n) is 16.4. The second kappa shape index (κ2) is 7.78. The topological polar surface area (TPSA) is 62.2 Å². The Labute approximate surface area is 170 Å². The first kappa shape index (κ1) is 18.6. The number of carbonyl (C=O) groups is 1. The molecule has 1 aliphatic carbocycles. The van der Waals surface area contributed by atoms with Gasteiger partial charge in [0.2, 0.25) is 0 Å². The number of carbonyl (C=O) groups excluding carboxylic acids is 1. The molecule has 0 saturated carbocycles. The van der Waals surface area contributed by atoms with Crippen LogP contribution < -0.4 is 0 Å². The van der Waals surface area contributed by atoms with Crippen molar-refractivity contribution in [2.75, 3.05) is 46.0 Å². The molecule has 0 unspecified atom stereocenters. The Morgan fingerprint density at radius 1 is 0.966 bits per heavy atom. The van der Waals surface area contributed by atoms with Crippen molar-refractivity contribution in [1.29, 1.82) is 0 Å². The molecule has 2 atom stereocenters. The standard InChI is InChI=1S/C23H26N2O4/c26-22-15-28-14-21(22)24-9-11-25(12-10-24)23(27)29-13-20-18-7-3-1-5-16(18)17-6-2-4-8-19(17)20/h1-8,20-22,26H,9-15H2/t21-,22-/m1/s1. The molecule has 2 saturated heterocycles. The number of hydrogen-bond donors (Lipinski definition) is 1. The summed E-state index contributed by atoms with van der Waals surface area (Å²) in [6.07, 6.45) is -0.689. The third-order valence-corrected chi connectivity index (χ3v) is 6.40. The Hall–Kier alpha value is -2.41. The summed E-state index contributed by atoms with van der Waals surface area (Å²) < 4.78 is 11.1. The van der Waals surface area contributed by atoms with Crippen LogP contribution in [0, 0.1) is 0 Å². The number of benzene rings is 2. The normalized spacial score (nSPS) is 24.4. The minimum Gasteiger partial charge on any atom is -0.448 e. The quantitative estimate of drug-likeness (QED) is 0.866. The Balaban J connectivity index is 1.21. The fourth-order valence-electron chi connectivity index (χ4n) is 4.80. The molecule has 0 spiro atoms. The summed E-state index contributed by atoms with van der Waals surface area (Å²) in [5, 5.41) is 10.0. The number of nitrogens with zero attached hydrogens (tertiary/aromatic N) is 2. The summed E-state index contributed by atoms with van der Waals surface area (Å²) in [5.74, 6) is 0.0819. The van der Waals surface area contributed by atoms with E-state index in [0.717, 1.165) is 13.1 Å². The van der Waals surface area contributed by atoms with Gasteiger partial charge in [0.1, 0.15) is 6.61 Å². The predicted molar refractivity (Wildman–Crippen MR) is 109 cm³/mol. The third-order valence-electron chi connectivity index (χ3n) is 6.40. The van der Waals surface area contributed by atoms with Gasteiger partial charge in [-0.15, -0.1) is 0 Å². The number of hydrogen-bond acceptors (Lipinski definition) is 5. The highest BCUT2D eigenvalue weighted by atomic mass is 16.6. The lowest BCUT2D eigenvalue weighted by molar-refractivity contribution is 0.0357. The molecule has 152 valence electrons. The lowest BCUT2D eigenvalue weighted by Crippen LogP contribution is -2.54. The molecule has 0 aromatic heterocycles. The van der Waals surface area contributed by atoms with Gasteiger partial charge in [-0.2, -0.15) is 0 Å². The summed E-state index contributed by atoms with van der Waals surface area (Å²) in [4.78, 5) is 16.7. The molecular formula is C23H26N2O4. The molecule has 2 aliphatic heterocycles. The zero-order valence-corrected chi connectivity index (χ0v) is 16.4. The average molecular weight is 394 g/mol. The van der Waals surface area contributed by atoms with Crippen molar-refractivity contribution in [3.63, 3.8) is 0 Å². The molecule has 2 aromatic carbocycles. The van der Waals surface area contributed by atoms with E-state index in [4.69, 9.17) is 9.47 Å². The summed E-state index contributed by atoms with van der Waals surface area (Å²) in [5.41, 5.74) is 4.91. The molecule has 3 aliphatic rings. The number of fused-ring (bicyclic) bond motifs is 3. The molecule has 1 N–H and O–H groups in total. The van der Waals surface area contributed by atoms with Crippen LogP contribution in [0.5, 0.6) is 0 Å². The number of aliphatic hydroxyl groups is 1. The monoisotopic (exact) mass is 394 g/mol. The van der Waals surface area contributed by atoms with Gasteiger partial charge in [0.05, 0.1) is 25.4 Å². The van der Waals surface area contributed by atoms with E-state index >= 15 is 0 Å². The first-order valence-corrected chi connectivity index (χ1v) is 10.3. The Morgan fingerprint density at radius 2 is 1.59 bits per heavy atom. The van der Waals surface area contributed by atoms with Crippen LogP contribution in [0.2, 0.25) is 0 Å². The molecule has 0 bridgehead atoms. The molecule has 29 heavy (non-hydrogen) atoms. The fraction of sp³-hybridized carbons (Fsp3) is 0.435. The maximum atomic E-state index is 12.7. The van der Waals surface area contributed by atoms with E-state index in [9.17, 15) is 9.90 Å². The number of aliphatic hydroxyl groups excluding tert-OH is 1. The average Bonchev–Trinajstić information content (AvgIpc) is 3.33. The van der Waals surface area contributed by atoms with E-state index in [1.807, 2.05) is 12.1 Å². The Kier molecular flexibility index (Phi) is 4.99. The van der Waals surface area contributed by atoms with E-state index in [0.29, 0.717) is 32.9 Å². The maximum Gasteiger partial charge on any atom is 0.409 e. The van der Waals surface area contributed by atoms with Crippen molar-refractivity contribution in [3.05, 3.63) is 59.7 Å². The van der Waals surface area contributed by atoms with Crippen LogP contribution in [0.25, 0.3) is 11.1 Å². The minimum atomic E-state index is -0.434. The van der Waals surface area contributed by atoms with Crippen LogP contribution >= 0.6 is 0 Å². The third kappa shape index (κ3) is 3.41. The summed E-state index contributed by atoms with van der Waals surface area (Å²) in [6.45, 7) is 4.00. The Bertz CT molecular complexity index is 848. The number of amides is 1. The zero-order chi connectivity index (χ0) is 19.8. The highest BCUT2D eigenvalue weighted by molar-refractivity contribution is 5.79. The van der Waals surface area contributed by atoms with E-state index in [-0.39, 0.29) is 18.1 Å². The van der Waals surface area contributed by atoms with Crippen LogP contribution in [0.15, 0.2) is 48.5 Å². The van der Waals surface area contributed by atoms with E-state index in [2.05, 4.69) is 41.3 Å². The van der Waals surface area contributed by atoms with Crippen LogP contribution in [0.1, 0.15) is 17.0 Å². The number of rotatable bonds is 3. The van der Waals surface area contributed by atoms with Gasteiger partial charge in [-0.1, -0.05) is 48.5 Å². The highest BCUT2D eigenvalue weighted by Gasteiger charge is 2.35. The number of ether oxygens (including phenoxy) is 2. The predicted octanol–water partition coefficient (Wildman–Crippen LogP) is 2.31. The lowest BCUT2D eigenvalue weighted by atomic mass is 9.98. The molecule has 6 nitrogen and oxygen atoms in total. The van der Waals surface area contributed by atoms with Gasteiger partial charge < -0.3 is 19.5 Å². The molecule has 6 heteroatoms. The summed E-state index contributed by atoms with van der Waals surface area (Å²) in [7, 11) is 0. The van der Waals surface area contributed by atoms with Crippen molar-refractivity contribution in [2.45, 2.75) is 18.1 Å². The first-order valence-electron chi connectivity index (χ1n) is 10.3. The van der Waals surface area contributed by atoms with Crippen LogP contribution in [0.4, 0.5) is 4.79 Å². The van der Waals surface area contributed by atoms with Gasteiger partial charge >= 0.3 is 6.09 Å². The van der Waals surface area contributed by atoms with Gasteiger partial charge in [-0.25, -0.2) is 4.79 Å². The van der Waals surface area contributed by atoms with Crippen LogP contribution in [-0.4, -0.2) is 79.1 Å². The number of piperazine rings is 1. The fourth-order valence-corrected chi connectivity index (χ4v) is 4.80. The molecule has 2 fully saturated rings. The molecular weight excluding hydrogens is 368 g/mol. The molecule has 0 radical (unpaired) electrons. The van der Waals surface area contributed by atoms with Gasteiger partial charge in [0, 0.05) is 32.1 Å². The van der Waals surface area contributed by atoms with Crippen molar-refractivity contribution in [1.82, 2.24) is 9.80 Å². The first-order chi connectivity index (χ1) is 14.2. The van der Waals surface area contributed by atoms with Crippen molar-refractivity contribution in [2.24, 2.45) is 0 Å². The molecule has 2 heterocycles. The van der Waals surface area contributed by atoms with Gasteiger partial charge in [0.25, 0.3) is 0 Å². The van der Waals surface area contributed by atoms with Gasteiger partial charge in [-0.05, 0) is 22.3 Å². The van der Waals surface area contributed by atoms with Crippen molar-refractivity contribution in [3.8, 4) is 11.1 Å². The Morgan fingerprint density at radius 3 is 2.17 bits per heavy atom. The summed E-state index contributed by atoms with van der Waals surface area (Å²) in [6, 6.07) is 16.8. The smallest absolute Gasteiger partial charge is 0.409 e. The second-order valence-corrected chi connectivity index (χ2v) is 8.00. The maximum absolute atomic E-state index is 12.7. The van der Waals surface area contributed by atoms with Crippen LogP contribution in [0.3, 0.4) is 0 Å². The molecule has 1 amide bonds. The molecule has 2 aromatic rings. The highest BCUT2D eigenvalue weighted by Crippen LogP contribution is 2.44. The molecule has 5 rings (SSSR count). The van der Waals surface area contributed by atoms with Crippen molar-refractivity contribution >= 4 is 6.09 Å². The second-order valence-electron chi connectivity index (χ2n) is 8.00. The SMILES string of the molecule is O=C(OCC1c2ccccc2-c2ccccc21)N1CCN([C@@H]2COC[C@H]2O)CC1. The van der Waals surface area contributed by atoms with Gasteiger partial charge in [-0.3, -0.25) is 4.90 Å². The van der Waals surface area contributed by atoms with E-state index in [1.165, 1.54) is 22.3 Å². The van der Waals surface area contributed by atoms with Crippen molar-refractivity contribution < 1.29 is 19.4 Å². The van der Waals surface area contributed by atoms with E-state index < -0.39 is 6.10 Å². The van der Waals surface area contributed by atoms with E-state index in [1.54, 1.807) is 4.90 Å². The van der Waals surface area contributed by atoms with Gasteiger partial charge in [0.15, 0.2) is 0 Å². The van der Waals surface area contributed by atoms with Crippen LogP contribution in [-0.2, 0) is 9.47 Å². The largest absolute Gasteiger partial charge is 0.448 e.